The number of benzene rings is 2. The van der Waals surface area contributed by atoms with Crippen molar-refractivity contribution in [2.45, 2.75) is 71.0 Å². The number of carbonyl (C=O) groups is 2. The zero-order valence-corrected chi connectivity index (χ0v) is 17.9. The molecule has 1 aliphatic carbocycles. The Balaban J connectivity index is 1.75. The fourth-order valence-corrected chi connectivity index (χ4v) is 4.04. The highest BCUT2D eigenvalue weighted by atomic mass is 19.1. The molecule has 1 fully saturated rings. The third-order valence-corrected chi connectivity index (χ3v) is 5.82. The van der Waals surface area contributed by atoms with Gasteiger partial charge in [0.05, 0.1) is 6.42 Å². The molecule has 1 N–H and O–H groups in total. The number of hydrogen-bond acceptors (Lipinski definition) is 2. The number of aryl methyl sites for hydroxylation is 1. The molecule has 1 aliphatic rings. The summed E-state index contributed by atoms with van der Waals surface area (Å²) >= 11 is 0. The molecule has 160 valence electrons. The SMILES string of the molecule is Cc1cccc(CN(C(=O)Cc2ccc(F)cc2)[C@@H](C)C(=O)NC2CCCCC2)c1. The van der Waals surface area contributed by atoms with Crippen molar-refractivity contribution < 1.29 is 14.0 Å². The van der Waals surface area contributed by atoms with Crippen LogP contribution >= 0.6 is 0 Å². The van der Waals surface area contributed by atoms with Crippen LogP contribution in [0.4, 0.5) is 4.39 Å². The topological polar surface area (TPSA) is 49.4 Å². The van der Waals surface area contributed by atoms with Crippen LogP contribution in [-0.2, 0) is 22.6 Å². The van der Waals surface area contributed by atoms with Crippen molar-refractivity contribution in [1.29, 1.82) is 0 Å². The Bertz CT molecular complexity index is 860. The minimum absolute atomic E-state index is 0.109. The molecule has 0 unspecified atom stereocenters. The lowest BCUT2D eigenvalue weighted by molar-refractivity contribution is -0.140. The third kappa shape index (κ3) is 6.15. The van der Waals surface area contributed by atoms with E-state index < -0.39 is 6.04 Å². The Morgan fingerprint density at radius 2 is 1.77 bits per heavy atom. The number of carbonyl (C=O) groups excluding carboxylic acids is 2. The summed E-state index contributed by atoms with van der Waals surface area (Å²) in [6, 6.07) is 13.5. The van der Waals surface area contributed by atoms with Crippen LogP contribution in [0.25, 0.3) is 0 Å². The van der Waals surface area contributed by atoms with Crippen LogP contribution in [0.1, 0.15) is 55.7 Å². The van der Waals surface area contributed by atoms with Gasteiger partial charge in [0.15, 0.2) is 0 Å². The number of halogens is 1. The summed E-state index contributed by atoms with van der Waals surface area (Å²) < 4.78 is 13.2. The molecule has 1 atom stereocenters. The summed E-state index contributed by atoms with van der Waals surface area (Å²) in [5.41, 5.74) is 2.83. The van der Waals surface area contributed by atoms with Gasteiger partial charge in [-0.2, -0.15) is 0 Å². The van der Waals surface area contributed by atoms with Crippen LogP contribution in [0.3, 0.4) is 0 Å². The number of nitrogens with zero attached hydrogens (tertiary/aromatic N) is 1. The smallest absolute Gasteiger partial charge is 0.242 e. The zero-order chi connectivity index (χ0) is 21.5. The molecule has 3 rings (SSSR count). The van der Waals surface area contributed by atoms with Gasteiger partial charge in [-0.25, -0.2) is 4.39 Å². The second kappa shape index (κ2) is 10.4. The van der Waals surface area contributed by atoms with Gasteiger partial charge in [-0.05, 0) is 49.9 Å². The van der Waals surface area contributed by atoms with Gasteiger partial charge >= 0.3 is 0 Å². The average Bonchev–Trinajstić information content (AvgIpc) is 2.74. The minimum Gasteiger partial charge on any atom is -0.352 e. The van der Waals surface area contributed by atoms with Gasteiger partial charge in [-0.15, -0.1) is 0 Å². The first-order chi connectivity index (χ1) is 14.4. The number of rotatable bonds is 7. The third-order valence-electron chi connectivity index (χ3n) is 5.82. The number of amides is 2. The first-order valence-electron chi connectivity index (χ1n) is 10.8. The van der Waals surface area contributed by atoms with E-state index in [0.717, 1.165) is 42.4 Å². The summed E-state index contributed by atoms with van der Waals surface area (Å²) in [7, 11) is 0. The van der Waals surface area contributed by atoms with Crippen LogP contribution in [0.2, 0.25) is 0 Å². The summed E-state index contributed by atoms with van der Waals surface area (Å²) in [4.78, 5) is 27.8. The fourth-order valence-electron chi connectivity index (χ4n) is 4.04. The molecule has 0 radical (unpaired) electrons. The van der Waals surface area contributed by atoms with E-state index in [1.165, 1.54) is 18.6 Å². The minimum atomic E-state index is -0.583. The largest absolute Gasteiger partial charge is 0.352 e. The van der Waals surface area contributed by atoms with Gasteiger partial charge in [0, 0.05) is 12.6 Å². The lowest BCUT2D eigenvalue weighted by Gasteiger charge is -2.31. The maximum atomic E-state index is 13.2. The highest BCUT2D eigenvalue weighted by molar-refractivity contribution is 5.88. The summed E-state index contributed by atoms with van der Waals surface area (Å²) in [6.45, 7) is 4.16. The molecule has 4 nitrogen and oxygen atoms in total. The summed E-state index contributed by atoms with van der Waals surface area (Å²) in [5, 5.41) is 3.14. The second-order valence-corrected chi connectivity index (χ2v) is 8.33. The van der Waals surface area contributed by atoms with E-state index in [0.29, 0.717) is 6.54 Å². The summed E-state index contributed by atoms with van der Waals surface area (Å²) in [5.74, 6) is -0.584. The van der Waals surface area contributed by atoms with Gasteiger partial charge in [-0.3, -0.25) is 9.59 Å². The van der Waals surface area contributed by atoms with E-state index in [4.69, 9.17) is 0 Å². The molecule has 0 saturated heterocycles. The highest BCUT2D eigenvalue weighted by Gasteiger charge is 2.28. The van der Waals surface area contributed by atoms with Crippen molar-refractivity contribution in [2.75, 3.05) is 0 Å². The zero-order valence-electron chi connectivity index (χ0n) is 17.9. The Morgan fingerprint density at radius 1 is 1.07 bits per heavy atom. The molecule has 2 aromatic rings. The van der Waals surface area contributed by atoms with E-state index in [2.05, 4.69) is 5.32 Å². The first-order valence-corrected chi connectivity index (χ1v) is 10.8. The van der Waals surface area contributed by atoms with E-state index in [1.54, 1.807) is 24.0 Å². The van der Waals surface area contributed by atoms with E-state index in [9.17, 15) is 14.0 Å². The molecular formula is C25H31FN2O2. The normalized spacial score (nSPS) is 15.4. The van der Waals surface area contributed by atoms with Crippen LogP contribution < -0.4 is 5.32 Å². The van der Waals surface area contributed by atoms with Crippen LogP contribution in [0.15, 0.2) is 48.5 Å². The monoisotopic (exact) mass is 410 g/mol. The standard InChI is InChI=1S/C25H31FN2O2/c1-18-7-6-8-21(15-18)17-28(24(29)16-20-11-13-22(26)14-12-20)19(2)25(30)27-23-9-4-3-5-10-23/h6-8,11-15,19,23H,3-5,9-10,16-17H2,1-2H3,(H,27,30)/t19-/m0/s1. The Morgan fingerprint density at radius 3 is 2.43 bits per heavy atom. The average molecular weight is 411 g/mol. The molecule has 1 saturated carbocycles. The maximum Gasteiger partial charge on any atom is 0.242 e. The van der Waals surface area contributed by atoms with Gasteiger partial charge < -0.3 is 10.2 Å². The Labute approximate surface area is 178 Å². The predicted octanol–water partition coefficient (Wildman–Crippen LogP) is 4.54. The molecule has 0 aliphatic heterocycles. The van der Waals surface area contributed by atoms with Crippen molar-refractivity contribution >= 4 is 11.8 Å². The maximum absolute atomic E-state index is 13.2. The van der Waals surface area contributed by atoms with E-state index >= 15 is 0 Å². The van der Waals surface area contributed by atoms with Gasteiger partial charge in [0.1, 0.15) is 11.9 Å². The lowest BCUT2D eigenvalue weighted by atomic mass is 9.95. The molecule has 0 bridgehead atoms. The summed E-state index contributed by atoms with van der Waals surface area (Å²) in [6.07, 6.45) is 5.62. The molecule has 0 heterocycles. The molecule has 2 amide bonds. The lowest BCUT2D eigenvalue weighted by Crippen LogP contribution is -2.50. The van der Waals surface area contributed by atoms with Gasteiger partial charge in [0.2, 0.25) is 11.8 Å². The van der Waals surface area contributed by atoms with Gasteiger partial charge in [0.25, 0.3) is 0 Å². The van der Waals surface area contributed by atoms with Gasteiger partial charge in [-0.1, -0.05) is 61.2 Å². The molecular weight excluding hydrogens is 379 g/mol. The molecule has 30 heavy (non-hydrogen) atoms. The van der Waals surface area contributed by atoms with E-state index in [1.807, 2.05) is 31.2 Å². The molecule has 2 aromatic carbocycles. The Kier molecular flexibility index (Phi) is 7.61. The number of nitrogens with one attached hydrogen (secondary N) is 1. The quantitative estimate of drug-likeness (QED) is 0.728. The van der Waals surface area contributed by atoms with Crippen molar-refractivity contribution in [3.8, 4) is 0 Å². The molecule has 0 aromatic heterocycles. The van der Waals surface area contributed by atoms with Crippen LogP contribution in [-0.4, -0.2) is 28.8 Å². The second-order valence-electron chi connectivity index (χ2n) is 8.33. The van der Waals surface area contributed by atoms with Crippen molar-refractivity contribution in [3.63, 3.8) is 0 Å². The fraction of sp³-hybridized carbons (Fsp3) is 0.440. The van der Waals surface area contributed by atoms with Crippen molar-refractivity contribution in [3.05, 3.63) is 71.0 Å². The number of hydrogen-bond donors (Lipinski definition) is 1. The molecule has 0 spiro atoms. The Hall–Kier alpha value is -2.69. The predicted molar refractivity (Wildman–Crippen MR) is 116 cm³/mol. The highest BCUT2D eigenvalue weighted by Crippen LogP contribution is 2.19. The van der Waals surface area contributed by atoms with Crippen molar-refractivity contribution in [2.24, 2.45) is 0 Å². The van der Waals surface area contributed by atoms with Crippen molar-refractivity contribution in [1.82, 2.24) is 10.2 Å². The van der Waals surface area contributed by atoms with E-state index in [-0.39, 0.29) is 30.1 Å². The van der Waals surface area contributed by atoms with Crippen LogP contribution in [0.5, 0.6) is 0 Å². The molecule has 5 heteroatoms. The first kappa shape index (κ1) is 22.0. The van der Waals surface area contributed by atoms with Crippen LogP contribution in [0, 0.1) is 12.7 Å².